The van der Waals surface area contributed by atoms with Gasteiger partial charge in [0.05, 0.1) is 11.8 Å². The lowest BCUT2D eigenvalue weighted by atomic mass is 9.99. The van der Waals surface area contributed by atoms with Gasteiger partial charge in [0.2, 0.25) is 0 Å². The Labute approximate surface area is 84.9 Å². The maximum atomic E-state index is 9.48. The Morgan fingerprint density at radius 3 is 2.71 bits per heavy atom. The molecule has 1 aromatic rings. The van der Waals surface area contributed by atoms with Crippen molar-refractivity contribution >= 4 is 0 Å². The predicted molar refractivity (Wildman–Crippen MR) is 55.8 cm³/mol. The van der Waals surface area contributed by atoms with Gasteiger partial charge in [0.1, 0.15) is 0 Å². The molecule has 4 nitrogen and oxygen atoms in total. The first kappa shape index (κ1) is 11.2. The number of nitrogens with one attached hydrogen (secondary N) is 1. The molecule has 0 amide bonds. The molecule has 0 bridgehead atoms. The molecule has 4 heteroatoms. The van der Waals surface area contributed by atoms with Gasteiger partial charge >= 0.3 is 0 Å². The van der Waals surface area contributed by atoms with Gasteiger partial charge < -0.3 is 10.4 Å². The molecule has 0 aliphatic rings. The molecule has 80 valence electrons. The van der Waals surface area contributed by atoms with Gasteiger partial charge in [-0.25, -0.2) is 0 Å². The zero-order chi connectivity index (χ0) is 10.8. The van der Waals surface area contributed by atoms with Crippen LogP contribution in [0.2, 0.25) is 0 Å². The normalized spacial score (nSPS) is 14.4. The Balaban J connectivity index is 2.48. The molecule has 1 unspecified atom stereocenters. The fourth-order valence-electron chi connectivity index (χ4n) is 1.02. The van der Waals surface area contributed by atoms with Crippen molar-refractivity contribution in [3.63, 3.8) is 0 Å². The van der Waals surface area contributed by atoms with E-state index in [1.54, 1.807) is 11.6 Å². The first-order valence-corrected chi connectivity index (χ1v) is 4.83. The van der Waals surface area contributed by atoms with E-state index >= 15 is 0 Å². The third-order valence-corrected chi connectivity index (χ3v) is 2.54. The van der Waals surface area contributed by atoms with Crippen LogP contribution in [-0.2, 0) is 13.6 Å². The first-order chi connectivity index (χ1) is 6.42. The molecule has 1 rings (SSSR count). The summed E-state index contributed by atoms with van der Waals surface area (Å²) in [6, 6.07) is 1.96. The lowest BCUT2D eigenvalue weighted by Gasteiger charge is -2.29. The summed E-state index contributed by atoms with van der Waals surface area (Å²) in [6.07, 6.45) is 1.53. The second kappa shape index (κ2) is 4.11. The average molecular weight is 197 g/mol. The standard InChI is InChI=1S/C10H19N3O/c1-8(14)10(2,3)11-7-9-5-6-13(4)12-9/h5-6,8,11,14H,7H2,1-4H3. The Morgan fingerprint density at radius 2 is 2.29 bits per heavy atom. The summed E-state index contributed by atoms with van der Waals surface area (Å²) >= 11 is 0. The Kier molecular flexibility index (Phi) is 3.29. The van der Waals surface area contributed by atoms with Gasteiger partial charge in [-0.3, -0.25) is 4.68 Å². The van der Waals surface area contributed by atoms with Crippen LogP contribution in [0.25, 0.3) is 0 Å². The van der Waals surface area contributed by atoms with Crippen molar-refractivity contribution in [2.24, 2.45) is 7.05 Å². The molecule has 0 saturated heterocycles. The molecule has 0 fully saturated rings. The van der Waals surface area contributed by atoms with Crippen molar-refractivity contribution in [1.82, 2.24) is 15.1 Å². The highest BCUT2D eigenvalue weighted by atomic mass is 16.3. The van der Waals surface area contributed by atoms with Gasteiger partial charge in [-0.15, -0.1) is 0 Å². The van der Waals surface area contributed by atoms with E-state index in [0.717, 1.165) is 5.69 Å². The topological polar surface area (TPSA) is 50.1 Å². The van der Waals surface area contributed by atoms with Crippen molar-refractivity contribution in [2.45, 2.75) is 39.0 Å². The smallest absolute Gasteiger partial charge is 0.0762 e. The monoisotopic (exact) mass is 197 g/mol. The number of nitrogens with zero attached hydrogens (tertiary/aromatic N) is 2. The van der Waals surface area contributed by atoms with E-state index in [2.05, 4.69) is 10.4 Å². The zero-order valence-electron chi connectivity index (χ0n) is 9.28. The molecule has 14 heavy (non-hydrogen) atoms. The van der Waals surface area contributed by atoms with Gasteiger partial charge in [-0.1, -0.05) is 0 Å². The molecule has 1 heterocycles. The second-order valence-corrected chi connectivity index (χ2v) is 4.23. The number of hydrogen-bond donors (Lipinski definition) is 2. The highest BCUT2D eigenvalue weighted by Gasteiger charge is 2.23. The molecule has 0 aromatic carbocycles. The lowest BCUT2D eigenvalue weighted by molar-refractivity contribution is 0.0954. The molecule has 0 aliphatic carbocycles. The van der Waals surface area contributed by atoms with Gasteiger partial charge in [-0.05, 0) is 26.8 Å². The summed E-state index contributed by atoms with van der Waals surface area (Å²) in [6.45, 7) is 6.41. The number of hydrogen-bond acceptors (Lipinski definition) is 3. The maximum Gasteiger partial charge on any atom is 0.0762 e. The van der Waals surface area contributed by atoms with Gasteiger partial charge in [0, 0.05) is 25.3 Å². The molecule has 0 spiro atoms. The van der Waals surface area contributed by atoms with E-state index in [0.29, 0.717) is 6.54 Å². The molecular weight excluding hydrogens is 178 g/mol. The minimum Gasteiger partial charge on any atom is -0.392 e. The predicted octanol–water partition coefficient (Wildman–Crippen LogP) is 0.669. The fraction of sp³-hybridized carbons (Fsp3) is 0.700. The van der Waals surface area contributed by atoms with Crippen LogP contribution >= 0.6 is 0 Å². The summed E-state index contributed by atoms with van der Waals surface area (Å²) in [5, 5.41) is 17.0. The highest BCUT2D eigenvalue weighted by molar-refractivity contribution is 4.99. The van der Waals surface area contributed by atoms with Crippen LogP contribution in [0, 0.1) is 0 Å². The van der Waals surface area contributed by atoms with Crippen molar-refractivity contribution < 1.29 is 5.11 Å². The summed E-state index contributed by atoms with van der Waals surface area (Å²) in [5.41, 5.74) is 0.707. The van der Waals surface area contributed by atoms with Gasteiger partial charge in [0.15, 0.2) is 0 Å². The van der Waals surface area contributed by atoms with E-state index in [4.69, 9.17) is 0 Å². The highest BCUT2D eigenvalue weighted by Crippen LogP contribution is 2.09. The Bertz CT molecular complexity index is 291. The van der Waals surface area contributed by atoms with Gasteiger partial charge in [-0.2, -0.15) is 5.10 Å². The minimum absolute atomic E-state index is 0.280. The van der Waals surface area contributed by atoms with Crippen LogP contribution in [0.4, 0.5) is 0 Å². The van der Waals surface area contributed by atoms with Crippen LogP contribution in [-0.4, -0.2) is 26.5 Å². The molecule has 0 saturated carbocycles. The zero-order valence-corrected chi connectivity index (χ0v) is 9.28. The third-order valence-electron chi connectivity index (χ3n) is 2.54. The third kappa shape index (κ3) is 2.82. The number of aromatic nitrogens is 2. The van der Waals surface area contributed by atoms with Crippen molar-refractivity contribution in [1.29, 1.82) is 0 Å². The molecule has 1 aromatic heterocycles. The van der Waals surface area contributed by atoms with Crippen LogP contribution in [0.3, 0.4) is 0 Å². The Hall–Kier alpha value is -0.870. The quantitative estimate of drug-likeness (QED) is 0.746. The summed E-state index contributed by atoms with van der Waals surface area (Å²) in [7, 11) is 1.89. The average Bonchev–Trinajstić information content (AvgIpc) is 2.48. The molecule has 1 atom stereocenters. The lowest BCUT2D eigenvalue weighted by Crippen LogP contribution is -2.47. The van der Waals surface area contributed by atoms with Crippen LogP contribution in [0.1, 0.15) is 26.5 Å². The maximum absolute atomic E-state index is 9.48. The van der Waals surface area contributed by atoms with E-state index < -0.39 is 0 Å². The van der Waals surface area contributed by atoms with E-state index in [1.165, 1.54) is 0 Å². The summed E-state index contributed by atoms with van der Waals surface area (Å²) in [5.74, 6) is 0. The van der Waals surface area contributed by atoms with E-state index in [1.807, 2.05) is 33.2 Å². The number of rotatable bonds is 4. The molecule has 0 radical (unpaired) electrons. The summed E-state index contributed by atoms with van der Waals surface area (Å²) < 4.78 is 1.77. The molecular formula is C10H19N3O. The Morgan fingerprint density at radius 1 is 1.64 bits per heavy atom. The number of aliphatic hydroxyl groups is 1. The SMILES string of the molecule is CC(O)C(C)(C)NCc1ccn(C)n1. The molecule has 2 N–H and O–H groups in total. The van der Waals surface area contributed by atoms with Crippen molar-refractivity contribution in [3.8, 4) is 0 Å². The first-order valence-electron chi connectivity index (χ1n) is 4.83. The largest absolute Gasteiger partial charge is 0.392 e. The minimum atomic E-state index is -0.383. The van der Waals surface area contributed by atoms with E-state index in [-0.39, 0.29) is 11.6 Å². The fourth-order valence-corrected chi connectivity index (χ4v) is 1.02. The van der Waals surface area contributed by atoms with Crippen molar-refractivity contribution in [2.75, 3.05) is 0 Å². The number of aliphatic hydroxyl groups excluding tert-OH is 1. The van der Waals surface area contributed by atoms with Crippen LogP contribution in [0.5, 0.6) is 0 Å². The van der Waals surface area contributed by atoms with Crippen molar-refractivity contribution in [3.05, 3.63) is 18.0 Å². The van der Waals surface area contributed by atoms with Crippen LogP contribution < -0.4 is 5.32 Å². The number of aryl methyl sites for hydroxylation is 1. The van der Waals surface area contributed by atoms with Crippen LogP contribution in [0.15, 0.2) is 12.3 Å². The molecule has 0 aliphatic heterocycles. The second-order valence-electron chi connectivity index (χ2n) is 4.23. The van der Waals surface area contributed by atoms with E-state index in [9.17, 15) is 5.11 Å². The summed E-state index contributed by atoms with van der Waals surface area (Å²) in [4.78, 5) is 0. The van der Waals surface area contributed by atoms with Gasteiger partial charge in [0.25, 0.3) is 0 Å².